The highest BCUT2D eigenvalue weighted by Gasteiger charge is 2.02. The molecule has 104 valence electrons. The standard InChI is InChI=1S/C14H25NO3/c1-4-16-7-8-17-11-14-6-5-13(18-14)10-15-9-12(2)3/h5-6,12,15H,4,7-11H2,1-3H3. The van der Waals surface area contributed by atoms with E-state index in [0.717, 1.165) is 31.2 Å². The van der Waals surface area contributed by atoms with Crippen LogP contribution in [0.3, 0.4) is 0 Å². The molecule has 4 heteroatoms. The van der Waals surface area contributed by atoms with E-state index in [1.807, 2.05) is 19.1 Å². The fourth-order valence-electron chi connectivity index (χ4n) is 1.51. The van der Waals surface area contributed by atoms with E-state index in [-0.39, 0.29) is 0 Å². The second-order valence-corrected chi connectivity index (χ2v) is 4.64. The van der Waals surface area contributed by atoms with Crippen LogP contribution in [0.1, 0.15) is 32.3 Å². The van der Waals surface area contributed by atoms with Crippen molar-refractivity contribution in [1.29, 1.82) is 0 Å². The van der Waals surface area contributed by atoms with Gasteiger partial charge in [-0.1, -0.05) is 13.8 Å². The summed E-state index contributed by atoms with van der Waals surface area (Å²) < 4.78 is 16.3. The Bertz CT molecular complexity index is 310. The fourth-order valence-corrected chi connectivity index (χ4v) is 1.51. The maximum atomic E-state index is 5.64. The molecule has 0 aromatic carbocycles. The SMILES string of the molecule is CCOCCOCc1ccc(CNCC(C)C)o1. The summed E-state index contributed by atoms with van der Waals surface area (Å²) in [5.74, 6) is 2.48. The Morgan fingerprint density at radius 3 is 2.61 bits per heavy atom. The smallest absolute Gasteiger partial charge is 0.129 e. The van der Waals surface area contributed by atoms with Gasteiger partial charge in [-0.2, -0.15) is 0 Å². The molecule has 0 spiro atoms. The summed E-state index contributed by atoms with van der Waals surface area (Å²) in [6.45, 7) is 10.6. The van der Waals surface area contributed by atoms with Crippen LogP contribution in [-0.2, 0) is 22.6 Å². The minimum absolute atomic E-state index is 0.511. The first kappa shape index (κ1) is 15.2. The number of hydrogen-bond acceptors (Lipinski definition) is 4. The quantitative estimate of drug-likeness (QED) is 0.653. The summed E-state index contributed by atoms with van der Waals surface area (Å²) >= 11 is 0. The second kappa shape index (κ2) is 9.14. The third-order valence-electron chi connectivity index (χ3n) is 2.39. The van der Waals surface area contributed by atoms with Crippen LogP contribution in [0.2, 0.25) is 0 Å². The Hall–Kier alpha value is -0.840. The summed E-state index contributed by atoms with van der Waals surface area (Å²) in [6.07, 6.45) is 0. The van der Waals surface area contributed by atoms with Crippen molar-refractivity contribution in [3.8, 4) is 0 Å². The zero-order valence-corrected chi connectivity index (χ0v) is 11.7. The molecule has 0 aliphatic carbocycles. The Morgan fingerprint density at radius 2 is 1.89 bits per heavy atom. The Labute approximate surface area is 110 Å². The van der Waals surface area contributed by atoms with E-state index in [0.29, 0.717) is 25.7 Å². The first-order valence-electron chi connectivity index (χ1n) is 6.66. The van der Waals surface area contributed by atoms with Gasteiger partial charge in [-0.3, -0.25) is 0 Å². The average Bonchev–Trinajstić information content (AvgIpc) is 2.76. The maximum absolute atomic E-state index is 5.64. The average molecular weight is 255 g/mol. The lowest BCUT2D eigenvalue weighted by Crippen LogP contribution is -2.18. The summed E-state index contributed by atoms with van der Waals surface area (Å²) in [4.78, 5) is 0. The van der Waals surface area contributed by atoms with Gasteiger partial charge in [-0.25, -0.2) is 0 Å². The van der Waals surface area contributed by atoms with Crippen LogP contribution in [0.25, 0.3) is 0 Å². The summed E-state index contributed by atoms with van der Waals surface area (Å²) in [5.41, 5.74) is 0. The zero-order valence-electron chi connectivity index (χ0n) is 11.7. The van der Waals surface area contributed by atoms with E-state index < -0.39 is 0 Å². The molecule has 1 aromatic heterocycles. The van der Waals surface area contributed by atoms with Gasteiger partial charge in [-0.05, 0) is 31.5 Å². The molecule has 4 nitrogen and oxygen atoms in total. The van der Waals surface area contributed by atoms with Gasteiger partial charge >= 0.3 is 0 Å². The van der Waals surface area contributed by atoms with E-state index in [1.54, 1.807) is 0 Å². The fraction of sp³-hybridized carbons (Fsp3) is 0.714. The molecule has 0 aliphatic rings. The zero-order chi connectivity index (χ0) is 13.2. The van der Waals surface area contributed by atoms with Gasteiger partial charge < -0.3 is 19.2 Å². The number of hydrogen-bond donors (Lipinski definition) is 1. The molecule has 0 unspecified atom stereocenters. The van der Waals surface area contributed by atoms with Crippen LogP contribution >= 0.6 is 0 Å². The third kappa shape index (κ3) is 6.79. The van der Waals surface area contributed by atoms with Crippen molar-refractivity contribution in [3.05, 3.63) is 23.7 Å². The van der Waals surface area contributed by atoms with Gasteiger partial charge in [0, 0.05) is 6.61 Å². The van der Waals surface area contributed by atoms with Crippen molar-refractivity contribution >= 4 is 0 Å². The highest BCUT2D eigenvalue weighted by atomic mass is 16.5. The van der Waals surface area contributed by atoms with Gasteiger partial charge in [0.25, 0.3) is 0 Å². The number of rotatable bonds is 10. The van der Waals surface area contributed by atoms with Crippen molar-refractivity contribution < 1.29 is 13.9 Å². The molecular formula is C14H25NO3. The molecule has 0 saturated carbocycles. The molecule has 1 N–H and O–H groups in total. The van der Waals surface area contributed by atoms with Crippen molar-refractivity contribution in [2.24, 2.45) is 5.92 Å². The molecule has 0 atom stereocenters. The van der Waals surface area contributed by atoms with Crippen molar-refractivity contribution in [1.82, 2.24) is 5.32 Å². The lowest BCUT2D eigenvalue weighted by molar-refractivity contribution is 0.0387. The maximum Gasteiger partial charge on any atom is 0.129 e. The molecule has 0 aliphatic heterocycles. The van der Waals surface area contributed by atoms with Crippen LogP contribution in [0.5, 0.6) is 0 Å². The van der Waals surface area contributed by atoms with Crippen LogP contribution in [0.4, 0.5) is 0 Å². The van der Waals surface area contributed by atoms with E-state index >= 15 is 0 Å². The van der Waals surface area contributed by atoms with E-state index in [4.69, 9.17) is 13.9 Å². The van der Waals surface area contributed by atoms with E-state index in [1.165, 1.54) is 0 Å². The minimum Gasteiger partial charge on any atom is -0.462 e. The van der Waals surface area contributed by atoms with E-state index in [2.05, 4.69) is 19.2 Å². The van der Waals surface area contributed by atoms with Crippen LogP contribution in [0.15, 0.2) is 16.5 Å². The normalized spacial score (nSPS) is 11.3. The van der Waals surface area contributed by atoms with E-state index in [9.17, 15) is 0 Å². The molecule has 1 heterocycles. The Balaban J connectivity index is 2.13. The predicted octanol–water partition coefficient (Wildman–Crippen LogP) is 2.58. The van der Waals surface area contributed by atoms with Gasteiger partial charge in [0.1, 0.15) is 18.1 Å². The van der Waals surface area contributed by atoms with Crippen molar-refractivity contribution in [2.75, 3.05) is 26.4 Å². The molecule has 0 radical (unpaired) electrons. The number of nitrogens with one attached hydrogen (secondary N) is 1. The minimum atomic E-state index is 0.511. The molecule has 0 fully saturated rings. The molecule has 18 heavy (non-hydrogen) atoms. The lowest BCUT2D eigenvalue weighted by Gasteiger charge is -2.05. The van der Waals surface area contributed by atoms with Gasteiger partial charge in [-0.15, -0.1) is 0 Å². The van der Waals surface area contributed by atoms with Crippen LogP contribution < -0.4 is 5.32 Å². The Kier molecular flexibility index (Phi) is 7.73. The molecule has 1 rings (SSSR count). The largest absolute Gasteiger partial charge is 0.462 e. The Morgan fingerprint density at radius 1 is 1.17 bits per heavy atom. The third-order valence-corrected chi connectivity index (χ3v) is 2.39. The first-order chi connectivity index (χ1) is 8.72. The van der Waals surface area contributed by atoms with Gasteiger partial charge in [0.05, 0.1) is 19.8 Å². The molecule has 0 amide bonds. The molecular weight excluding hydrogens is 230 g/mol. The highest BCUT2D eigenvalue weighted by Crippen LogP contribution is 2.09. The molecule has 0 bridgehead atoms. The summed E-state index contributed by atoms with van der Waals surface area (Å²) in [5, 5.41) is 3.34. The highest BCUT2D eigenvalue weighted by molar-refractivity contribution is 5.06. The topological polar surface area (TPSA) is 43.6 Å². The monoisotopic (exact) mass is 255 g/mol. The van der Waals surface area contributed by atoms with Crippen molar-refractivity contribution in [2.45, 2.75) is 33.9 Å². The first-order valence-corrected chi connectivity index (χ1v) is 6.66. The van der Waals surface area contributed by atoms with Gasteiger partial charge in [0.2, 0.25) is 0 Å². The molecule has 1 aromatic rings. The number of furan rings is 1. The number of ether oxygens (including phenoxy) is 2. The predicted molar refractivity (Wildman–Crippen MR) is 71.4 cm³/mol. The van der Waals surface area contributed by atoms with Crippen LogP contribution in [-0.4, -0.2) is 26.4 Å². The van der Waals surface area contributed by atoms with Crippen LogP contribution in [0, 0.1) is 5.92 Å². The second-order valence-electron chi connectivity index (χ2n) is 4.64. The summed E-state index contributed by atoms with van der Waals surface area (Å²) in [7, 11) is 0. The summed E-state index contributed by atoms with van der Waals surface area (Å²) in [6, 6.07) is 3.96. The van der Waals surface area contributed by atoms with Crippen molar-refractivity contribution in [3.63, 3.8) is 0 Å². The lowest BCUT2D eigenvalue weighted by atomic mass is 10.2. The van der Waals surface area contributed by atoms with Gasteiger partial charge in [0.15, 0.2) is 0 Å². The molecule has 0 saturated heterocycles.